The minimum atomic E-state index is -0.323. The van der Waals surface area contributed by atoms with Crippen LogP contribution in [0.1, 0.15) is 24.2 Å². The molecular weight excluding hydrogens is 460 g/mol. The largest absolute Gasteiger partial charge is 0.349 e. The van der Waals surface area contributed by atoms with Crippen LogP contribution in [0.4, 0.5) is 5.69 Å². The molecule has 0 saturated heterocycles. The SMILES string of the molecule is Cc1c(NC(=O)CSCC(=O)NC(C)c2ccc3ccccc3c2)c(=O)n(-c2ccccc2)n1C. The maximum absolute atomic E-state index is 12.9. The number of hydrogen-bond donors (Lipinski definition) is 2. The van der Waals surface area contributed by atoms with Crippen molar-refractivity contribution in [1.29, 1.82) is 0 Å². The van der Waals surface area contributed by atoms with Gasteiger partial charge in [-0.3, -0.25) is 19.1 Å². The quantitative estimate of drug-likeness (QED) is 0.390. The second-order valence-corrected chi connectivity index (χ2v) is 9.36. The number of fused-ring (bicyclic) bond motifs is 1. The minimum Gasteiger partial charge on any atom is -0.349 e. The normalized spacial score (nSPS) is 11.9. The molecule has 0 radical (unpaired) electrons. The molecule has 2 N–H and O–H groups in total. The van der Waals surface area contributed by atoms with Crippen molar-refractivity contribution >= 4 is 40.0 Å². The van der Waals surface area contributed by atoms with Gasteiger partial charge in [0.1, 0.15) is 5.69 Å². The van der Waals surface area contributed by atoms with Gasteiger partial charge in [-0.2, -0.15) is 0 Å². The molecular formula is C27H28N4O3S. The fraction of sp³-hybridized carbons (Fsp3) is 0.222. The number of thioether (sulfide) groups is 1. The maximum Gasteiger partial charge on any atom is 0.295 e. The van der Waals surface area contributed by atoms with Gasteiger partial charge in [-0.1, -0.05) is 54.6 Å². The van der Waals surface area contributed by atoms with Crippen molar-refractivity contribution < 1.29 is 9.59 Å². The minimum absolute atomic E-state index is 0.0664. The summed E-state index contributed by atoms with van der Waals surface area (Å²) in [6.45, 7) is 3.72. The Bertz CT molecular complexity index is 1430. The molecule has 0 fully saturated rings. The Morgan fingerprint density at radius 1 is 0.914 bits per heavy atom. The molecule has 7 nitrogen and oxygen atoms in total. The molecule has 1 aromatic heterocycles. The number of nitrogens with one attached hydrogen (secondary N) is 2. The molecule has 0 aliphatic heterocycles. The second kappa shape index (κ2) is 10.7. The highest BCUT2D eigenvalue weighted by Gasteiger charge is 2.18. The Kier molecular flexibility index (Phi) is 7.41. The van der Waals surface area contributed by atoms with Gasteiger partial charge in [0.15, 0.2) is 0 Å². The third kappa shape index (κ3) is 5.49. The van der Waals surface area contributed by atoms with E-state index in [9.17, 15) is 14.4 Å². The van der Waals surface area contributed by atoms with Crippen molar-refractivity contribution in [2.45, 2.75) is 19.9 Å². The van der Waals surface area contributed by atoms with E-state index < -0.39 is 0 Å². The molecule has 4 aromatic rings. The van der Waals surface area contributed by atoms with Gasteiger partial charge in [0, 0.05) is 7.05 Å². The van der Waals surface area contributed by atoms with Gasteiger partial charge in [0.05, 0.1) is 28.9 Å². The molecule has 1 atom stereocenters. The number of anilines is 1. The van der Waals surface area contributed by atoms with E-state index in [4.69, 9.17) is 0 Å². The highest BCUT2D eigenvalue weighted by Crippen LogP contribution is 2.20. The number of carbonyl (C=O) groups excluding carboxylic acids is 2. The zero-order valence-electron chi connectivity index (χ0n) is 19.9. The number of para-hydroxylation sites is 1. The van der Waals surface area contributed by atoms with Gasteiger partial charge < -0.3 is 10.6 Å². The van der Waals surface area contributed by atoms with Crippen LogP contribution in [0.15, 0.2) is 77.6 Å². The first-order chi connectivity index (χ1) is 16.8. The maximum atomic E-state index is 12.9. The summed E-state index contributed by atoms with van der Waals surface area (Å²) < 4.78 is 3.22. The summed E-state index contributed by atoms with van der Waals surface area (Å²) in [4.78, 5) is 37.8. The summed E-state index contributed by atoms with van der Waals surface area (Å²) in [6.07, 6.45) is 0. The van der Waals surface area contributed by atoms with Crippen LogP contribution < -0.4 is 16.2 Å². The van der Waals surface area contributed by atoms with E-state index in [0.717, 1.165) is 22.0 Å². The van der Waals surface area contributed by atoms with E-state index >= 15 is 0 Å². The Morgan fingerprint density at radius 3 is 2.31 bits per heavy atom. The van der Waals surface area contributed by atoms with E-state index in [1.54, 1.807) is 18.7 Å². The standard InChI is InChI=1S/C27H28N4O3S/c1-18(21-14-13-20-9-7-8-10-22(20)15-21)28-24(32)16-35-17-25(33)29-26-19(2)30(3)31(27(26)34)23-11-5-4-6-12-23/h4-15,18H,16-17H2,1-3H3,(H,28,32)(H,29,33). The number of hydrogen-bond acceptors (Lipinski definition) is 4. The first-order valence-electron chi connectivity index (χ1n) is 11.3. The number of nitrogens with zero attached hydrogens (tertiary/aromatic N) is 2. The van der Waals surface area contributed by atoms with Crippen LogP contribution in [-0.2, 0) is 16.6 Å². The lowest BCUT2D eigenvalue weighted by Crippen LogP contribution is -2.29. The van der Waals surface area contributed by atoms with E-state index in [0.29, 0.717) is 5.69 Å². The van der Waals surface area contributed by atoms with Crippen molar-refractivity contribution in [1.82, 2.24) is 14.7 Å². The van der Waals surface area contributed by atoms with E-state index in [2.05, 4.69) is 22.8 Å². The summed E-state index contributed by atoms with van der Waals surface area (Å²) in [7, 11) is 1.77. The van der Waals surface area contributed by atoms with Crippen LogP contribution in [0, 0.1) is 6.92 Å². The van der Waals surface area contributed by atoms with Crippen molar-refractivity contribution in [3.8, 4) is 5.69 Å². The summed E-state index contributed by atoms with van der Waals surface area (Å²) in [5, 5.41) is 7.98. The molecule has 180 valence electrons. The lowest BCUT2D eigenvalue weighted by Gasteiger charge is -2.15. The van der Waals surface area contributed by atoms with Crippen LogP contribution in [-0.4, -0.2) is 32.7 Å². The van der Waals surface area contributed by atoms with Crippen LogP contribution in [0.2, 0.25) is 0 Å². The van der Waals surface area contributed by atoms with Crippen molar-refractivity contribution in [3.05, 3.63) is 94.4 Å². The van der Waals surface area contributed by atoms with E-state index in [1.165, 1.54) is 16.4 Å². The van der Waals surface area contributed by atoms with Crippen molar-refractivity contribution in [3.63, 3.8) is 0 Å². The van der Waals surface area contributed by atoms with Gasteiger partial charge in [0.2, 0.25) is 11.8 Å². The van der Waals surface area contributed by atoms with Crippen LogP contribution in [0.3, 0.4) is 0 Å². The smallest absolute Gasteiger partial charge is 0.295 e. The predicted octanol–water partition coefficient (Wildman–Crippen LogP) is 4.19. The topological polar surface area (TPSA) is 85.1 Å². The first-order valence-corrected chi connectivity index (χ1v) is 12.5. The Morgan fingerprint density at radius 2 is 1.57 bits per heavy atom. The first kappa shape index (κ1) is 24.3. The molecule has 1 heterocycles. The molecule has 1 unspecified atom stereocenters. The highest BCUT2D eigenvalue weighted by molar-refractivity contribution is 8.00. The fourth-order valence-corrected chi connectivity index (χ4v) is 4.60. The number of amides is 2. The summed E-state index contributed by atoms with van der Waals surface area (Å²) in [5.74, 6) is -0.258. The fourth-order valence-electron chi connectivity index (χ4n) is 3.97. The van der Waals surface area contributed by atoms with Gasteiger partial charge in [0.25, 0.3) is 5.56 Å². The zero-order valence-corrected chi connectivity index (χ0v) is 20.8. The molecule has 2 amide bonds. The lowest BCUT2D eigenvalue weighted by molar-refractivity contribution is -0.119. The predicted molar refractivity (Wildman–Crippen MR) is 142 cm³/mol. The third-order valence-electron chi connectivity index (χ3n) is 5.94. The zero-order chi connectivity index (χ0) is 24.9. The van der Waals surface area contributed by atoms with Gasteiger partial charge >= 0.3 is 0 Å². The summed E-state index contributed by atoms with van der Waals surface area (Å²) >= 11 is 1.21. The second-order valence-electron chi connectivity index (χ2n) is 8.37. The van der Waals surface area contributed by atoms with Crippen LogP contribution >= 0.6 is 11.8 Å². The average Bonchev–Trinajstić information content (AvgIpc) is 3.07. The van der Waals surface area contributed by atoms with E-state index in [-0.39, 0.29) is 40.6 Å². The molecule has 8 heteroatoms. The third-order valence-corrected chi connectivity index (χ3v) is 6.87. The van der Waals surface area contributed by atoms with Crippen molar-refractivity contribution in [2.75, 3.05) is 16.8 Å². The van der Waals surface area contributed by atoms with Crippen LogP contribution in [0.25, 0.3) is 16.5 Å². The molecule has 0 spiro atoms. The lowest BCUT2D eigenvalue weighted by atomic mass is 10.0. The molecule has 3 aromatic carbocycles. The molecule has 4 rings (SSSR count). The Hall–Kier alpha value is -3.78. The molecule has 0 aliphatic carbocycles. The number of benzene rings is 3. The molecule has 0 bridgehead atoms. The molecule has 35 heavy (non-hydrogen) atoms. The Labute approximate surface area is 208 Å². The van der Waals surface area contributed by atoms with Gasteiger partial charge in [-0.25, -0.2) is 4.68 Å². The number of rotatable bonds is 8. The summed E-state index contributed by atoms with van der Waals surface area (Å²) in [6, 6.07) is 23.3. The van der Waals surface area contributed by atoms with Gasteiger partial charge in [-0.05, 0) is 48.4 Å². The van der Waals surface area contributed by atoms with Gasteiger partial charge in [-0.15, -0.1) is 11.8 Å². The van der Waals surface area contributed by atoms with Crippen LogP contribution in [0.5, 0.6) is 0 Å². The Balaban J connectivity index is 1.31. The highest BCUT2D eigenvalue weighted by atomic mass is 32.2. The van der Waals surface area contributed by atoms with Crippen molar-refractivity contribution in [2.24, 2.45) is 7.05 Å². The molecule has 0 aliphatic rings. The molecule has 0 saturated carbocycles. The average molecular weight is 489 g/mol. The summed E-state index contributed by atoms with van der Waals surface area (Å²) in [5.41, 5.74) is 2.34. The number of carbonyl (C=O) groups is 2. The van der Waals surface area contributed by atoms with E-state index in [1.807, 2.05) is 67.6 Å². The number of aromatic nitrogens is 2. The monoisotopic (exact) mass is 488 g/mol.